The second-order valence-electron chi connectivity index (χ2n) is 2.91. The van der Waals surface area contributed by atoms with Crippen LogP contribution in [0.3, 0.4) is 0 Å². The van der Waals surface area contributed by atoms with E-state index in [1.54, 1.807) is 6.92 Å². The van der Waals surface area contributed by atoms with E-state index in [0.29, 0.717) is 5.56 Å². The van der Waals surface area contributed by atoms with Gasteiger partial charge in [-0.05, 0) is 19.5 Å². The predicted molar refractivity (Wildman–Crippen MR) is 54.1 cm³/mol. The number of benzene rings is 1. The van der Waals surface area contributed by atoms with E-state index in [1.165, 1.54) is 19.2 Å². The van der Waals surface area contributed by atoms with Crippen LogP contribution in [-0.2, 0) is 10.0 Å². The lowest BCUT2D eigenvalue weighted by Gasteiger charge is -2.05. The van der Waals surface area contributed by atoms with E-state index in [2.05, 4.69) is 4.72 Å². The zero-order valence-electron chi connectivity index (χ0n) is 8.22. The van der Waals surface area contributed by atoms with Gasteiger partial charge in [0.15, 0.2) is 0 Å². The molecule has 15 heavy (non-hydrogen) atoms. The molecule has 1 N–H and O–H groups in total. The van der Waals surface area contributed by atoms with Gasteiger partial charge in [-0.3, -0.25) is 10.1 Å². The lowest BCUT2D eigenvalue weighted by Crippen LogP contribution is -2.19. The number of nitro groups is 1. The van der Waals surface area contributed by atoms with Crippen molar-refractivity contribution in [3.8, 4) is 0 Å². The van der Waals surface area contributed by atoms with Crippen LogP contribution < -0.4 is 4.72 Å². The van der Waals surface area contributed by atoms with Crippen molar-refractivity contribution in [1.82, 2.24) is 4.72 Å². The average molecular weight is 230 g/mol. The standard InChI is InChI=1S/C8H10N2O4S/c1-6-3-4-7(10(11)12)5-8(6)15(13,14)9-2/h3-5,9H,1-2H3. The minimum atomic E-state index is -3.64. The minimum Gasteiger partial charge on any atom is -0.258 e. The summed E-state index contributed by atoms with van der Waals surface area (Å²) in [6, 6.07) is 3.72. The first kappa shape index (κ1) is 11.6. The maximum atomic E-state index is 11.5. The third kappa shape index (κ3) is 2.31. The van der Waals surface area contributed by atoms with E-state index < -0.39 is 14.9 Å². The largest absolute Gasteiger partial charge is 0.270 e. The Morgan fingerprint density at radius 3 is 2.47 bits per heavy atom. The molecule has 6 nitrogen and oxygen atoms in total. The number of sulfonamides is 1. The first-order valence-corrected chi connectivity index (χ1v) is 5.55. The number of nitrogens with one attached hydrogen (secondary N) is 1. The van der Waals surface area contributed by atoms with Gasteiger partial charge in [-0.1, -0.05) is 6.07 Å². The summed E-state index contributed by atoms with van der Waals surface area (Å²) in [4.78, 5) is 9.77. The number of nitrogens with zero attached hydrogens (tertiary/aromatic N) is 1. The van der Waals surface area contributed by atoms with Gasteiger partial charge in [-0.2, -0.15) is 0 Å². The third-order valence-electron chi connectivity index (χ3n) is 1.94. The number of aryl methyl sites for hydroxylation is 1. The molecule has 0 bridgehead atoms. The lowest BCUT2D eigenvalue weighted by molar-refractivity contribution is -0.385. The Bertz CT molecular complexity index is 495. The summed E-state index contributed by atoms with van der Waals surface area (Å²) in [5.41, 5.74) is 0.226. The highest BCUT2D eigenvalue weighted by Gasteiger charge is 2.18. The first-order valence-electron chi connectivity index (χ1n) is 4.07. The van der Waals surface area contributed by atoms with Crippen molar-refractivity contribution in [3.05, 3.63) is 33.9 Å². The summed E-state index contributed by atoms with van der Waals surface area (Å²) in [5, 5.41) is 10.5. The molecule has 0 atom stereocenters. The quantitative estimate of drug-likeness (QED) is 0.614. The third-order valence-corrected chi connectivity index (χ3v) is 3.50. The fourth-order valence-electron chi connectivity index (χ4n) is 1.10. The molecule has 0 fully saturated rings. The lowest BCUT2D eigenvalue weighted by atomic mass is 10.2. The highest BCUT2D eigenvalue weighted by Crippen LogP contribution is 2.20. The normalized spacial score (nSPS) is 11.3. The van der Waals surface area contributed by atoms with Gasteiger partial charge in [-0.15, -0.1) is 0 Å². The van der Waals surface area contributed by atoms with Gasteiger partial charge in [0.05, 0.1) is 9.82 Å². The van der Waals surface area contributed by atoms with Crippen LogP contribution in [0.5, 0.6) is 0 Å². The van der Waals surface area contributed by atoms with E-state index in [4.69, 9.17) is 0 Å². The summed E-state index contributed by atoms with van der Waals surface area (Å²) < 4.78 is 25.0. The molecule has 0 aliphatic rings. The molecule has 1 aromatic rings. The Hall–Kier alpha value is -1.47. The monoisotopic (exact) mass is 230 g/mol. The van der Waals surface area contributed by atoms with E-state index in [1.807, 2.05) is 0 Å². The maximum Gasteiger partial charge on any atom is 0.270 e. The predicted octanol–water partition coefficient (Wildman–Crippen LogP) is 0.811. The van der Waals surface area contributed by atoms with Crippen molar-refractivity contribution < 1.29 is 13.3 Å². The molecule has 0 saturated heterocycles. The van der Waals surface area contributed by atoms with Crippen molar-refractivity contribution >= 4 is 15.7 Å². The molecular weight excluding hydrogens is 220 g/mol. The molecule has 0 saturated carbocycles. The van der Waals surface area contributed by atoms with Gasteiger partial charge in [0.2, 0.25) is 10.0 Å². The maximum absolute atomic E-state index is 11.5. The highest BCUT2D eigenvalue weighted by atomic mass is 32.2. The van der Waals surface area contributed by atoms with Gasteiger partial charge < -0.3 is 0 Å². The van der Waals surface area contributed by atoms with Crippen molar-refractivity contribution in [2.24, 2.45) is 0 Å². The van der Waals surface area contributed by atoms with Crippen LogP contribution in [-0.4, -0.2) is 20.4 Å². The van der Waals surface area contributed by atoms with Crippen LogP contribution in [0.4, 0.5) is 5.69 Å². The smallest absolute Gasteiger partial charge is 0.258 e. The number of nitro benzene ring substituents is 1. The van der Waals surface area contributed by atoms with E-state index in [0.717, 1.165) is 6.07 Å². The molecule has 82 valence electrons. The topological polar surface area (TPSA) is 89.3 Å². The summed E-state index contributed by atoms with van der Waals surface area (Å²) in [6.07, 6.45) is 0. The second-order valence-corrected chi connectivity index (χ2v) is 4.77. The number of hydrogen-bond acceptors (Lipinski definition) is 4. The van der Waals surface area contributed by atoms with E-state index in [9.17, 15) is 18.5 Å². The van der Waals surface area contributed by atoms with Crippen LogP contribution in [0.2, 0.25) is 0 Å². The molecule has 1 aromatic carbocycles. The molecule has 0 aromatic heterocycles. The summed E-state index contributed by atoms with van der Waals surface area (Å²) in [6.45, 7) is 1.58. The molecule has 0 heterocycles. The van der Waals surface area contributed by atoms with Crippen LogP contribution >= 0.6 is 0 Å². The first-order chi connectivity index (χ1) is 6.88. The molecule has 0 spiro atoms. The molecule has 0 unspecified atom stereocenters. The molecule has 7 heteroatoms. The van der Waals surface area contributed by atoms with E-state index in [-0.39, 0.29) is 10.6 Å². The van der Waals surface area contributed by atoms with E-state index >= 15 is 0 Å². The molecular formula is C8H10N2O4S. The van der Waals surface area contributed by atoms with Gasteiger partial charge in [0.25, 0.3) is 5.69 Å². The molecule has 0 aliphatic carbocycles. The Balaban J connectivity index is 3.42. The van der Waals surface area contributed by atoms with Crippen molar-refractivity contribution in [2.45, 2.75) is 11.8 Å². The fraction of sp³-hybridized carbons (Fsp3) is 0.250. The SMILES string of the molecule is CNS(=O)(=O)c1cc([N+](=O)[O-])ccc1C. The van der Waals surface area contributed by atoms with Crippen LogP contribution in [0.15, 0.2) is 23.1 Å². The van der Waals surface area contributed by atoms with Crippen LogP contribution in [0.25, 0.3) is 0 Å². The Labute approximate surface area is 87.1 Å². The van der Waals surface area contributed by atoms with Crippen molar-refractivity contribution in [1.29, 1.82) is 0 Å². The second kappa shape index (κ2) is 3.95. The zero-order chi connectivity index (χ0) is 11.6. The zero-order valence-corrected chi connectivity index (χ0v) is 9.04. The molecule has 0 aliphatic heterocycles. The Kier molecular flexibility index (Phi) is 3.06. The molecule has 0 radical (unpaired) electrons. The summed E-state index contributed by atoms with van der Waals surface area (Å²) >= 11 is 0. The average Bonchev–Trinajstić information content (AvgIpc) is 2.17. The fourth-order valence-corrected chi connectivity index (χ4v) is 2.09. The van der Waals surface area contributed by atoms with Gasteiger partial charge >= 0.3 is 0 Å². The van der Waals surface area contributed by atoms with Crippen molar-refractivity contribution in [3.63, 3.8) is 0 Å². The highest BCUT2D eigenvalue weighted by molar-refractivity contribution is 7.89. The minimum absolute atomic E-state index is 0.0702. The van der Waals surface area contributed by atoms with Crippen LogP contribution in [0.1, 0.15) is 5.56 Å². The number of hydrogen-bond donors (Lipinski definition) is 1. The van der Waals surface area contributed by atoms with Crippen molar-refractivity contribution in [2.75, 3.05) is 7.05 Å². The number of non-ortho nitro benzene ring substituents is 1. The Morgan fingerprint density at radius 2 is 2.00 bits per heavy atom. The summed E-state index contributed by atoms with van der Waals surface area (Å²) in [7, 11) is -2.38. The van der Waals surface area contributed by atoms with Gasteiger partial charge in [0.1, 0.15) is 0 Å². The molecule has 0 amide bonds. The Morgan fingerprint density at radius 1 is 1.40 bits per heavy atom. The molecule has 1 rings (SSSR count). The van der Waals surface area contributed by atoms with Gasteiger partial charge in [-0.25, -0.2) is 13.1 Å². The number of rotatable bonds is 3. The summed E-state index contributed by atoms with van der Waals surface area (Å²) in [5.74, 6) is 0. The van der Waals surface area contributed by atoms with Crippen LogP contribution in [0, 0.1) is 17.0 Å². The van der Waals surface area contributed by atoms with Gasteiger partial charge in [0, 0.05) is 12.1 Å².